The molecule has 0 bridgehead atoms. The second-order valence-electron chi connectivity index (χ2n) is 5.22. The highest BCUT2D eigenvalue weighted by Crippen LogP contribution is 2.24. The van der Waals surface area contributed by atoms with Crippen molar-refractivity contribution in [3.05, 3.63) is 62.4 Å². The number of carbonyl (C=O) groups excluding carboxylic acids is 2. The molecule has 0 spiro atoms. The van der Waals surface area contributed by atoms with Crippen molar-refractivity contribution < 1.29 is 14.3 Å². The molecule has 0 aliphatic carbocycles. The van der Waals surface area contributed by atoms with Gasteiger partial charge in [0.15, 0.2) is 5.78 Å². The summed E-state index contributed by atoms with van der Waals surface area (Å²) in [4.78, 5) is 27.3. The molecule has 0 saturated carbocycles. The molecule has 0 unspecified atom stereocenters. The first kappa shape index (κ1) is 18.3. The fourth-order valence-corrected chi connectivity index (χ4v) is 2.70. The smallest absolute Gasteiger partial charge is 0.355 e. The highest BCUT2D eigenvalue weighted by Gasteiger charge is 2.21. The third-order valence-corrected chi connectivity index (χ3v) is 4.27. The zero-order valence-corrected chi connectivity index (χ0v) is 15.1. The second kappa shape index (κ2) is 7.69. The van der Waals surface area contributed by atoms with E-state index in [0.717, 1.165) is 5.56 Å². The summed E-state index contributed by atoms with van der Waals surface area (Å²) < 4.78 is 4.98. The lowest BCUT2D eigenvalue weighted by atomic mass is 10.0. The highest BCUT2D eigenvalue weighted by atomic mass is 35.5. The van der Waals surface area contributed by atoms with Gasteiger partial charge < -0.3 is 9.72 Å². The molecule has 0 saturated heterocycles. The summed E-state index contributed by atoms with van der Waals surface area (Å²) in [5.41, 5.74) is 2.73. The molecule has 1 aromatic carbocycles. The number of ether oxygens (including phenoxy) is 1. The summed E-state index contributed by atoms with van der Waals surface area (Å²) in [5.74, 6) is -0.673. The molecule has 6 heteroatoms. The fraction of sp³-hybridized carbons (Fsp3) is 0.222. The number of benzene rings is 1. The van der Waals surface area contributed by atoms with Gasteiger partial charge in [-0.15, -0.1) is 0 Å². The van der Waals surface area contributed by atoms with Crippen molar-refractivity contribution in [2.24, 2.45) is 0 Å². The van der Waals surface area contributed by atoms with Crippen LogP contribution in [-0.2, 0) is 4.74 Å². The Morgan fingerprint density at radius 1 is 1.21 bits per heavy atom. The van der Waals surface area contributed by atoms with Crippen molar-refractivity contribution in [3.8, 4) is 0 Å². The van der Waals surface area contributed by atoms with E-state index in [1.165, 1.54) is 6.08 Å². The number of halogens is 2. The molecular weight excluding hydrogens is 349 g/mol. The number of ketones is 1. The van der Waals surface area contributed by atoms with Crippen LogP contribution in [0.2, 0.25) is 10.0 Å². The Morgan fingerprint density at radius 2 is 1.92 bits per heavy atom. The Morgan fingerprint density at radius 3 is 2.54 bits per heavy atom. The number of rotatable bonds is 5. The number of allylic oxidation sites excluding steroid dienone is 1. The lowest BCUT2D eigenvalue weighted by Gasteiger charge is -2.01. The Balaban J connectivity index is 2.28. The van der Waals surface area contributed by atoms with Gasteiger partial charge in [0.25, 0.3) is 0 Å². The topological polar surface area (TPSA) is 59.2 Å². The van der Waals surface area contributed by atoms with Crippen LogP contribution in [0, 0.1) is 13.8 Å². The number of aromatic nitrogens is 1. The molecule has 2 rings (SSSR count). The standard InChI is InChI=1S/C18H17Cl2NO3/c1-4-24-18(23)17-10(2)16(11(3)21-17)15(22)8-6-12-5-7-13(19)14(20)9-12/h5-9,21H,4H2,1-3H3/b8-6+. The van der Waals surface area contributed by atoms with Crippen LogP contribution < -0.4 is 0 Å². The Bertz CT molecular complexity index is 822. The van der Waals surface area contributed by atoms with Crippen LogP contribution >= 0.6 is 23.2 Å². The van der Waals surface area contributed by atoms with Crippen LogP contribution in [0.15, 0.2) is 24.3 Å². The van der Waals surface area contributed by atoms with Gasteiger partial charge in [-0.2, -0.15) is 0 Å². The molecule has 1 aromatic heterocycles. The molecule has 1 heterocycles. The van der Waals surface area contributed by atoms with E-state index in [2.05, 4.69) is 4.98 Å². The van der Waals surface area contributed by atoms with E-state index < -0.39 is 5.97 Å². The quantitative estimate of drug-likeness (QED) is 0.460. The second-order valence-corrected chi connectivity index (χ2v) is 6.03. The summed E-state index contributed by atoms with van der Waals surface area (Å²) in [6.45, 7) is 5.47. The number of H-pyrrole nitrogens is 1. The first-order valence-electron chi connectivity index (χ1n) is 7.38. The minimum atomic E-state index is -0.467. The fourth-order valence-electron chi connectivity index (χ4n) is 2.40. The molecule has 0 aliphatic heterocycles. The van der Waals surface area contributed by atoms with E-state index in [-0.39, 0.29) is 12.4 Å². The lowest BCUT2D eigenvalue weighted by Crippen LogP contribution is -2.07. The molecule has 0 atom stereocenters. The van der Waals surface area contributed by atoms with Gasteiger partial charge in [0, 0.05) is 11.3 Å². The van der Waals surface area contributed by atoms with Crippen LogP contribution in [0.1, 0.15) is 44.6 Å². The highest BCUT2D eigenvalue weighted by molar-refractivity contribution is 6.42. The van der Waals surface area contributed by atoms with Crippen LogP contribution in [0.5, 0.6) is 0 Å². The average molecular weight is 366 g/mol. The van der Waals surface area contributed by atoms with E-state index in [4.69, 9.17) is 27.9 Å². The lowest BCUT2D eigenvalue weighted by molar-refractivity contribution is 0.0519. The van der Waals surface area contributed by atoms with Crippen molar-refractivity contribution in [1.82, 2.24) is 4.98 Å². The molecule has 0 amide bonds. The molecule has 2 aromatic rings. The van der Waals surface area contributed by atoms with E-state index >= 15 is 0 Å². The number of carbonyl (C=O) groups is 2. The minimum Gasteiger partial charge on any atom is -0.461 e. The maximum absolute atomic E-state index is 12.5. The zero-order valence-electron chi connectivity index (χ0n) is 13.6. The number of hydrogen-bond donors (Lipinski definition) is 1. The summed E-state index contributed by atoms with van der Waals surface area (Å²) >= 11 is 11.8. The first-order valence-corrected chi connectivity index (χ1v) is 8.14. The number of hydrogen-bond acceptors (Lipinski definition) is 3. The molecular formula is C18H17Cl2NO3. The van der Waals surface area contributed by atoms with Gasteiger partial charge in [-0.3, -0.25) is 4.79 Å². The first-order chi connectivity index (χ1) is 11.3. The van der Waals surface area contributed by atoms with E-state index in [9.17, 15) is 9.59 Å². The normalized spacial score (nSPS) is 11.0. The molecule has 1 N–H and O–H groups in total. The zero-order chi connectivity index (χ0) is 17.9. The summed E-state index contributed by atoms with van der Waals surface area (Å²) in [5, 5.41) is 0.876. The van der Waals surface area contributed by atoms with Gasteiger partial charge in [-0.25, -0.2) is 4.79 Å². The number of aryl methyl sites for hydroxylation is 1. The maximum Gasteiger partial charge on any atom is 0.355 e. The third kappa shape index (κ3) is 3.89. The van der Waals surface area contributed by atoms with Gasteiger partial charge in [0.2, 0.25) is 0 Å². The van der Waals surface area contributed by atoms with Crippen LogP contribution in [-0.4, -0.2) is 23.3 Å². The van der Waals surface area contributed by atoms with Crippen molar-refractivity contribution in [2.45, 2.75) is 20.8 Å². The van der Waals surface area contributed by atoms with E-state index in [1.807, 2.05) is 0 Å². The summed E-state index contributed by atoms with van der Waals surface area (Å²) in [6.07, 6.45) is 3.10. The number of esters is 1. The van der Waals surface area contributed by atoms with Crippen LogP contribution in [0.25, 0.3) is 6.08 Å². The van der Waals surface area contributed by atoms with Crippen LogP contribution in [0.3, 0.4) is 0 Å². The van der Waals surface area contributed by atoms with Gasteiger partial charge >= 0.3 is 5.97 Å². The van der Waals surface area contributed by atoms with Crippen molar-refractivity contribution in [2.75, 3.05) is 6.61 Å². The van der Waals surface area contributed by atoms with Gasteiger partial charge in [-0.05, 0) is 50.1 Å². The molecule has 0 aliphatic rings. The van der Waals surface area contributed by atoms with E-state index in [0.29, 0.717) is 32.6 Å². The monoisotopic (exact) mass is 365 g/mol. The van der Waals surface area contributed by atoms with Crippen LogP contribution in [0.4, 0.5) is 0 Å². The molecule has 4 nitrogen and oxygen atoms in total. The van der Waals surface area contributed by atoms with E-state index in [1.54, 1.807) is 45.0 Å². The predicted molar refractivity (Wildman–Crippen MR) is 96.0 cm³/mol. The Hall–Kier alpha value is -2.04. The summed E-state index contributed by atoms with van der Waals surface area (Å²) in [6, 6.07) is 5.10. The Labute approximate surface area is 150 Å². The van der Waals surface area contributed by atoms with Gasteiger partial charge in [0.05, 0.1) is 16.7 Å². The molecule has 126 valence electrons. The maximum atomic E-state index is 12.5. The molecule has 0 radical (unpaired) electrons. The predicted octanol–water partition coefficient (Wildman–Crippen LogP) is 5.01. The Kier molecular flexibility index (Phi) is 5.86. The van der Waals surface area contributed by atoms with Gasteiger partial charge in [0.1, 0.15) is 5.69 Å². The SMILES string of the molecule is CCOC(=O)c1[nH]c(C)c(C(=O)/C=C/c2ccc(Cl)c(Cl)c2)c1C. The van der Waals surface area contributed by atoms with Crippen molar-refractivity contribution >= 4 is 41.0 Å². The molecule has 24 heavy (non-hydrogen) atoms. The molecule has 0 fully saturated rings. The number of aromatic amines is 1. The van der Waals surface area contributed by atoms with Crippen molar-refractivity contribution in [1.29, 1.82) is 0 Å². The van der Waals surface area contributed by atoms with Crippen molar-refractivity contribution in [3.63, 3.8) is 0 Å². The number of nitrogens with one attached hydrogen (secondary N) is 1. The average Bonchev–Trinajstić information content (AvgIpc) is 2.83. The minimum absolute atomic E-state index is 0.206. The largest absolute Gasteiger partial charge is 0.461 e. The van der Waals surface area contributed by atoms with Gasteiger partial charge in [-0.1, -0.05) is 35.3 Å². The summed E-state index contributed by atoms with van der Waals surface area (Å²) in [7, 11) is 0. The third-order valence-electron chi connectivity index (χ3n) is 3.53.